The predicted octanol–water partition coefficient (Wildman–Crippen LogP) is 2.87. The zero-order chi connectivity index (χ0) is 10.7. The van der Waals surface area contributed by atoms with E-state index in [9.17, 15) is 4.79 Å². The SMILES string of the molecule is Cc1cncc(-c2cccc(C=O)c2)c1. The van der Waals surface area contributed by atoms with Crippen LogP contribution in [-0.2, 0) is 0 Å². The third-order valence-corrected chi connectivity index (χ3v) is 2.23. The first-order valence-electron chi connectivity index (χ1n) is 4.77. The smallest absolute Gasteiger partial charge is 0.150 e. The molecule has 0 bridgehead atoms. The summed E-state index contributed by atoms with van der Waals surface area (Å²) in [5.41, 5.74) is 3.87. The monoisotopic (exact) mass is 197 g/mol. The zero-order valence-electron chi connectivity index (χ0n) is 8.47. The summed E-state index contributed by atoms with van der Waals surface area (Å²) in [7, 11) is 0. The molecule has 0 N–H and O–H groups in total. The lowest BCUT2D eigenvalue weighted by molar-refractivity contribution is 0.112. The molecule has 1 aromatic carbocycles. The minimum Gasteiger partial charge on any atom is -0.298 e. The van der Waals surface area contributed by atoms with E-state index in [1.54, 1.807) is 12.3 Å². The number of pyridine rings is 1. The number of nitrogens with zero attached hydrogens (tertiary/aromatic N) is 1. The second-order valence-corrected chi connectivity index (χ2v) is 3.49. The van der Waals surface area contributed by atoms with Crippen molar-refractivity contribution in [2.75, 3.05) is 0 Å². The summed E-state index contributed by atoms with van der Waals surface area (Å²) in [6.45, 7) is 2.00. The first kappa shape index (κ1) is 9.59. The van der Waals surface area contributed by atoms with Crippen molar-refractivity contribution in [2.45, 2.75) is 6.92 Å². The van der Waals surface area contributed by atoms with Crippen molar-refractivity contribution in [1.82, 2.24) is 4.98 Å². The maximum atomic E-state index is 10.6. The number of aryl methyl sites for hydroxylation is 1. The number of benzene rings is 1. The van der Waals surface area contributed by atoms with E-state index in [0.717, 1.165) is 23.0 Å². The van der Waals surface area contributed by atoms with Gasteiger partial charge >= 0.3 is 0 Å². The molecule has 74 valence electrons. The zero-order valence-corrected chi connectivity index (χ0v) is 8.47. The van der Waals surface area contributed by atoms with Gasteiger partial charge < -0.3 is 0 Å². The molecule has 2 rings (SSSR count). The maximum Gasteiger partial charge on any atom is 0.150 e. The summed E-state index contributed by atoms with van der Waals surface area (Å²) in [4.78, 5) is 14.8. The lowest BCUT2D eigenvalue weighted by Gasteiger charge is -2.02. The van der Waals surface area contributed by atoms with Gasteiger partial charge in [0.25, 0.3) is 0 Å². The Morgan fingerprint density at radius 3 is 2.73 bits per heavy atom. The Bertz CT molecular complexity index is 491. The van der Waals surface area contributed by atoms with E-state index in [1.165, 1.54) is 0 Å². The van der Waals surface area contributed by atoms with Gasteiger partial charge in [0.2, 0.25) is 0 Å². The van der Waals surface area contributed by atoms with Crippen LogP contribution >= 0.6 is 0 Å². The Kier molecular flexibility index (Phi) is 2.59. The Labute approximate surface area is 88.6 Å². The molecular weight excluding hydrogens is 186 g/mol. The van der Waals surface area contributed by atoms with Gasteiger partial charge in [-0.2, -0.15) is 0 Å². The maximum absolute atomic E-state index is 10.6. The van der Waals surface area contributed by atoms with Gasteiger partial charge in [0.05, 0.1) is 0 Å². The minimum absolute atomic E-state index is 0.689. The van der Waals surface area contributed by atoms with E-state index in [0.29, 0.717) is 5.56 Å². The molecule has 0 atom stereocenters. The van der Waals surface area contributed by atoms with Gasteiger partial charge in [-0.25, -0.2) is 0 Å². The topological polar surface area (TPSA) is 30.0 Å². The molecule has 0 unspecified atom stereocenters. The molecule has 2 aromatic rings. The number of carbonyl (C=O) groups is 1. The van der Waals surface area contributed by atoms with Crippen LogP contribution in [0.3, 0.4) is 0 Å². The van der Waals surface area contributed by atoms with Crippen LogP contribution in [0.2, 0.25) is 0 Å². The van der Waals surface area contributed by atoms with E-state index in [-0.39, 0.29) is 0 Å². The molecule has 0 radical (unpaired) electrons. The fraction of sp³-hybridized carbons (Fsp3) is 0.0769. The van der Waals surface area contributed by atoms with Crippen LogP contribution in [0.4, 0.5) is 0 Å². The predicted molar refractivity (Wildman–Crippen MR) is 59.8 cm³/mol. The van der Waals surface area contributed by atoms with E-state index in [2.05, 4.69) is 11.1 Å². The van der Waals surface area contributed by atoms with Crippen molar-refractivity contribution >= 4 is 6.29 Å². The molecule has 2 nitrogen and oxygen atoms in total. The number of hydrogen-bond donors (Lipinski definition) is 0. The second-order valence-electron chi connectivity index (χ2n) is 3.49. The van der Waals surface area contributed by atoms with Crippen LogP contribution in [0.15, 0.2) is 42.7 Å². The van der Waals surface area contributed by atoms with Gasteiger partial charge in [0.15, 0.2) is 0 Å². The molecule has 0 aliphatic carbocycles. The lowest BCUT2D eigenvalue weighted by atomic mass is 10.0. The van der Waals surface area contributed by atoms with Crippen molar-refractivity contribution in [2.24, 2.45) is 0 Å². The first-order chi connectivity index (χ1) is 7.29. The van der Waals surface area contributed by atoms with Gasteiger partial charge in [0.1, 0.15) is 6.29 Å². The Morgan fingerprint density at radius 2 is 2.00 bits per heavy atom. The summed E-state index contributed by atoms with van der Waals surface area (Å²) >= 11 is 0. The van der Waals surface area contributed by atoms with E-state index < -0.39 is 0 Å². The average molecular weight is 197 g/mol. The number of rotatable bonds is 2. The molecule has 0 amide bonds. The van der Waals surface area contributed by atoms with E-state index in [1.807, 2.05) is 31.3 Å². The molecule has 1 heterocycles. The molecule has 0 saturated carbocycles. The van der Waals surface area contributed by atoms with Crippen molar-refractivity contribution < 1.29 is 4.79 Å². The van der Waals surface area contributed by atoms with Crippen LogP contribution in [0.25, 0.3) is 11.1 Å². The molecule has 0 aliphatic rings. The Hall–Kier alpha value is -1.96. The summed E-state index contributed by atoms with van der Waals surface area (Å²) < 4.78 is 0. The van der Waals surface area contributed by atoms with Gasteiger partial charge in [-0.15, -0.1) is 0 Å². The second kappa shape index (κ2) is 4.05. The van der Waals surface area contributed by atoms with Crippen LogP contribution in [0, 0.1) is 6.92 Å². The molecule has 0 aliphatic heterocycles. The fourth-order valence-corrected chi connectivity index (χ4v) is 1.50. The normalized spacial score (nSPS) is 9.93. The number of carbonyl (C=O) groups excluding carboxylic acids is 1. The third-order valence-electron chi connectivity index (χ3n) is 2.23. The van der Waals surface area contributed by atoms with Crippen molar-refractivity contribution in [3.8, 4) is 11.1 Å². The van der Waals surface area contributed by atoms with Crippen LogP contribution in [0.5, 0.6) is 0 Å². The van der Waals surface area contributed by atoms with Gasteiger partial charge in [-0.05, 0) is 30.2 Å². The van der Waals surface area contributed by atoms with Gasteiger partial charge in [0, 0.05) is 23.5 Å². The summed E-state index contributed by atoms with van der Waals surface area (Å²) in [6.07, 6.45) is 4.47. The standard InChI is InChI=1S/C13H11NO/c1-10-5-13(8-14-7-10)12-4-2-3-11(6-12)9-15/h2-9H,1H3. The Morgan fingerprint density at radius 1 is 1.13 bits per heavy atom. The highest BCUT2D eigenvalue weighted by Gasteiger charge is 1.99. The Balaban J connectivity index is 2.49. The van der Waals surface area contributed by atoms with Crippen molar-refractivity contribution in [1.29, 1.82) is 0 Å². The van der Waals surface area contributed by atoms with E-state index >= 15 is 0 Å². The van der Waals surface area contributed by atoms with Gasteiger partial charge in [-0.1, -0.05) is 18.2 Å². The van der Waals surface area contributed by atoms with Crippen LogP contribution in [0.1, 0.15) is 15.9 Å². The number of hydrogen-bond acceptors (Lipinski definition) is 2. The molecular formula is C13H11NO. The fourth-order valence-electron chi connectivity index (χ4n) is 1.50. The summed E-state index contributed by atoms with van der Waals surface area (Å²) in [5, 5.41) is 0. The first-order valence-corrected chi connectivity index (χ1v) is 4.77. The average Bonchev–Trinajstić information content (AvgIpc) is 2.29. The molecule has 1 aromatic heterocycles. The molecule has 15 heavy (non-hydrogen) atoms. The van der Waals surface area contributed by atoms with E-state index in [4.69, 9.17) is 0 Å². The highest BCUT2D eigenvalue weighted by atomic mass is 16.1. The molecule has 0 spiro atoms. The molecule has 2 heteroatoms. The number of aldehydes is 1. The van der Waals surface area contributed by atoms with Crippen LogP contribution in [-0.4, -0.2) is 11.3 Å². The highest BCUT2D eigenvalue weighted by molar-refractivity contribution is 5.78. The lowest BCUT2D eigenvalue weighted by Crippen LogP contribution is -1.84. The number of aromatic nitrogens is 1. The quantitative estimate of drug-likeness (QED) is 0.693. The van der Waals surface area contributed by atoms with Crippen molar-refractivity contribution in [3.05, 3.63) is 53.9 Å². The molecule has 0 saturated heterocycles. The largest absolute Gasteiger partial charge is 0.298 e. The molecule has 0 fully saturated rings. The highest BCUT2D eigenvalue weighted by Crippen LogP contribution is 2.19. The third kappa shape index (κ3) is 2.10. The summed E-state index contributed by atoms with van der Waals surface area (Å²) in [6, 6.07) is 9.56. The van der Waals surface area contributed by atoms with Gasteiger partial charge in [-0.3, -0.25) is 9.78 Å². The summed E-state index contributed by atoms with van der Waals surface area (Å²) in [5.74, 6) is 0. The van der Waals surface area contributed by atoms with Crippen LogP contribution < -0.4 is 0 Å². The van der Waals surface area contributed by atoms with Crippen molar-refractivity contribution in [3.63, 3.8) is 0 Å². The minimum atomic E-state index is 0.689.